The van der Waals surface area contributed by atoms with Crippen LogP contribution in [0.5, 0.6) is 5.75 Å². The first-order valence-corrected chi connectivity index (χ1v) is 13.0. The average molecular weight is 571 g/mol. The number of methoxy groups -OCH3 is 2. The van der Waals surface area contributed by atoms with Gasteiger partial charge in [0.1, 0.15) is 12.3 Å². The molecule has 3 aromatic rings. The van der Waals surface area contributed by atoms with Crippen LogP contribution >= 0.6 is 15.9 Å². The first-order valence-electron chi connectivity index (χ1n) is 12.2. The number of ether oxygens (including phenoxy) is 2. The maximum absolute atomic E-state index is 13.7. The molecule has 0 aliphatic carbocycles. The van der Waals surface area contributed by atoms with Crippen LogP contribution < -0.4 is 4.74 Å². The zero-order valence-corrected chi connectivity index (χ0v) is 23.8. The number of hydrogen-bond acceptors (Lipinski definition) is 4. The van der Waals surface area contributed by atoms with Gasteiger partial charge in [-0.1, -0.05) is 34.1 Å². The number of nitrogens with zero attached hydrogens (tertiary/aromatic N) is 3. The minimum Gasteiger partial charge on any atom is -0.497 e. The second-order valence-corrected chi connectivity index (χ2v) is 10.8. The summed E-state index contributed by atoms with van der Waals surface area (Å²) in [5, 5.41) is 0. The summed E-state index contributed by atoms with van der Waals surface area (Å²) >= 11 is 3.42. The lowest BCUT2D eigenvalue weighted by molar-refractivity contribution is -0.137. The van der Waals surface area contributed by atoms with Gasteiger partial charge in [0.25, 0.3) is 5.91 Å². The molecule has 0 atom stereocenters. The van der Waals surface area contributed by atoms with E-state index in [9.17, 15) is 9.59 Å². The fourth-order valence-corrected chi connectivity index (χ4v) is 4.48. The largest absolute Gasteiger partial charge is 0.497 e. The van der Waals surface area contributed by atoms with E-state index in [2.05, 4.69) is 26.6 Å². The fourth-order valence-electron chi connectivity index (χ4n) is 4.08. The van der Waals surface area contributed by atoms with Crippen molar-refractivity contribution in [2.24, 2.45) is 0 Å². The summed E-state index contributed by atoms with van der Waals surface area (Å²) in [4.78, 5) is 30.4. The van der Waals surface area contributed by atoms with Crippen LogP contribution in [0.25, 0.3) is 0 Å². The second kappa shape index (κ2) is 12.9. The number of rotatable bonds is 11. The van der Waals surface area contributed by atoms with Crippen molar-refractivity contribution in [3.63, 3.8) is 0 Å². The molecular weight excluding hydrogens is 534 g/mol. The summed E-state index contributed by atoms with van der Waals surface area (Å²) in [5.41, 5.74) is 2.19. The molecule has 2 aromatic carbocycles. The molecule has 1 heterocycles. The highest BCUT2D eigenvalue weighted by Gasteiger charge is 2.30. The lowest BCUT2D eigenvalue weighted by Gasteiger charge is -2.37. The van der Waals surface area contributed by atoms with E-state index in [4.69, 9.17) is 9.47 Å². The van der Waals surface area contributed by atoms with Crippen LogP contribution in [0.1, 0.15) is 42.4 Å². The summed E-state index contributed by atoms with van der Waals surface area (Å²) < 4.78 is 13.5. The summed E-state index contributed by atoms with van der Waals surface area (Å²) in [6.45, 7) is 7.73. The zero-order valence-electron chi connectivity index (χ0n) is 22.2. The van der Waals surface area contributed by atoms with Gasteiger partial charge < -0.3 is 23.8 Å². The predicted octanol–water partition coefficient (Wildman–Crippen LogP) is 5.22. The van der Waals surface area contributed by atoms with Crippen molar-refractivity contribution in [2.45, 2.75) is 39.4 Å². The fraction of sp³-hybridized carbons (Fsp3) is 0.379. The molecule has 8 heteroatoms. The van der Waals surface area contributed by atoms with E-state index >= 15 is 0 Å². The molecule has 0 saturated carbocycles. The van der Waals surface area contributed by atoms with Crippen LogP contribution in [0.15, 0.2) is 71.3 Å². The number of amides is 2. The molecule has 0 N–H and O–H groups in total. The van der Waals surface area contributed by atoms with E-state index < -0.39 is 5.54 Å². The SMILES string of the molecule is COCCN(CC(=O)N(Cc1cccn1Cc1cccc(OC)c1)C(C)(C)C)C(=O)c1cccc(Br)c1. The number of carbonyl (C=O) groups excluding carboxylic acids is 2. The number of carbonyl (C=O) groups is 2. The Morgan fingerprint density at radius 3 is 2.43 bits per heavy atom. The van der Waals surface area contributed by atoms with E-state index in [0.717, 1.165) is 21.5 Å². The Kier molecular flexibility index (Phi) is 9.94. The van der Waals surface area contributed by atoms with E-state index in [0.29, 0.717) is 31.8 Å². The van der Waals surface area contributed by atoms with Crippen molar-refractivity contribution < 1.29 is 19.1 Å². The average Bonchev–Trinajstić information content (AvgIpc) is 3.30. The zero-order chi connectivity index (χ0) is 27.0. The van der Waals surface area contributed by atoms with Crippen LogP contribution in [0.3, 0.4) is 0 Å². The van der Waals surface area contributed by atoms with Gasteiger partial charge in [0.15, 0.2) is 0 Å². The summed E-state index contributed by atoms with van der Waals surface area (Å²) in [6.07, 6.45) is 2.02. The topological polar surface area (TPSA) is 64.0 Å². The van der Waals surface area contributed by atoms with Crippen LogP contribution in [0.4, 0.5) is 0 Å². The summed E-state index contributed by atoms with van der Waals surface area (Å²) in [6, 6.07) is 19.2. The van der Waals surface area contributed by atoms with Gasteiger partial charge >= 0.3 is 0 Å². The Balaban J connectivity index is 1.81. The molecule has 2 amide bonds. The molecule has 1 aromatic heterocycles. The van der Waals surface area contributed by atoms with E-state index in [-0.39, 0.29) is 18.4 Å². The Morgan fingerprint density at radius 1 is 1.00 bits per heavy atom. The Labute approximate surface area is 228 Å². The van der Waals surface area contributed by atoms with Gasteiger partial charge in [-0.25, -0.2) is 0 Å². The smallest absolute Gasteiger partial charge is 0.254 e. The van der Waals surface area contributed by atoms with Crippen molar-refractivity contribution in [3.05, 3.63) is 88.2 Å². The normalized spacial score (nSPS) is 11.3. The third kappa shape index (κ3) is 7.94. The molecule has 3 rings (SSSR count). The van der Waals surface area contributed by atoms with Crippen LogP contribution in [-0.2, 0) is 22.6 Å². The van der Waals surface area contributed by atoms with Crippen LogP contribution in [0, 0.1) is 0 Å². The molecule has 198 valence electrons. The van der Waals surface area contributed by atoms with Gasteiger partial charge in [0, 0.05) is 47.7 Å². The number of hydrogen-bond donors (Lipinski definition) is 0. The molecule has 0 aliphatic rings. The molecule has 7 nitrogen and oxygen atoms in total. The van der Waals surface area contributed by atoms with Crippen molar-refractivity contribution >= 4 is 27.7 Å². The molecule has 0 aliphatic heterocycles. The predicted molar refractivity (Wildman–Crippen MR) is 149 cm³/mol. The maximum atomic E-state index is 13.7. The molecule has 0 radical (unpaired) electrons. The molecular formula is C29H36BrN3O4. The highest BCUT2D eigenvalue weighted by atomic mass is 79.9. The second-order valence-electron chi connectivity index (χ2n) is 9.86. The highest BCUT2D eigenvalue weighted by molar-refractivity contribution is 9.10. The van der Waals surface area contributed by atoms with Gasteiger partial charge in [-0.05, 0) is 68.8 Å². The first kappa shape index (κ1) is 28.5. The molecule has 0 spiro atoms. The van der Waals surface area contributed by atoms with Crippen LogP contribution in [-0.4, -0.2) is 65.6 Å². The third-order valence-electron chi connectivity index (χ3n) is 6.09. The highest BCUT2D eigenvalue weighted by Crippen LogP contribution is 2.21. The van der Waals surface area contributed by atoms with E-state index in [1.54, 1.807) is 31.3 Å². The van der Waals surface area contributed by atoms with Crippen molar-refractivity contribution in [1.29, 1.82) is 0 Å². The Bertz CT molecular complexity index is 1200. The van der Waals surface area contributed by atoms with Crippen molar-refractivity contribution in [3.8, 4) is 5.75 Å². The monoisotopic (exact) mass is 569 g/mol. The van der Waals surface area contributed by atoms with Gasteiger partial charge in [0.2, 0.25) is 5.91 Å². The summed E-state index contributed by atoms with van der Waals surface area (Å²) in [5.74, 6) is 0.479. The molecule has 0 saturated heterocycles. The van der Waals surface area contributed by atoms with Gasteiger partial charge in [0.05, 0.1) is 20.3 Å². The minimum atomic E-state index is -0.450. The molecule has 0 fully saturated rings. The first-order chi connectivity index (χ1) is 17.6. The number of halogens is 1. The Morgan fingerprint density at radius 2 is 1.76 bits per heavy atom. The number of aromatic nitrogens is 1. The molecule has 0 unspecified atom stereocenters. The van der Waals surface area contributed by atoms with E-state index in [1.165, 1.54) is 0 Å². The standard InChI is InChI=1S/C29H36BrN3O4/c1-29(2,3)33(20-25-12-8-14-31(25)19-22-9-6-13-26(17-22)37-5)27(34)21-32(15-16-36-4)28(35)23-10-7-11-24(30)18-23/h6-14,17-18H,15-16,19-21H2,1-5H3. The summed E-state index contributed by atoms with van der Waals surface area (Å²) in [7, 11) is 3.24. The molecule has 37 heavy (non-hydrogen) atoms. The quantitative estimate of drug-likeness (QED) is 0.317. The van der Waals surface area contributed by atoms with Crippen molar-refractivity contribution in [1.82, 2.24) is 14.4 Å². The van der Waals surface area contributed by atoms with Crippen molar-refractivity contribution in [2.75, 3.05) is 33.9 Å². The lowest BCUT2D eigenvalue weighted by Crippen LogP contribution is -2.50. The Hall–Kier alpha value is -3.10. The minimum absolute atomic E-state index is 0.0391. The maximum Gasteiger partial charge on any atom is 0.254 e. The van der Waals surface area contributed by atoms with Gasteiger partial charge in [-0.3, -0.25) is 9.59 Å². The van der Waals surface area contributed by atoms with E-state index in [1.807, 2.05) is 74.3 Å². The molecule has 0 bridgehead atoms. The number of benzene rings is 2. The van der Waals surface area contributed by atoms with Gasteiger partial charge in [-0.2, -0.15) is 0 Å². The van der Waals surface area contributed by atoms with Crippen LogP contribution in [0.2, 0.25) is 0 Å². The lowest BCUT2D eigenvalue weighted by atomic mass is 10.0. The third-order valence-corrected chi connectivity index (χ3v) is 6.59. The van der Waals surface area contributed by atoms with Gasteiger partial charge in [-0.15, -0.1) is 0 Å².